The number of hydrogen-bond acceptors (Lipinski definition) is 5. The van der Waals surface area contributed by atoms with Crippen molar-refractivity contribution in [2.75, 3.05) is 5.32 Å². The summed E-state index contributed by atoms with van der Waals surface area (Å²) in [6.45, 7) is 0. The molecule has 0 fully saturated rings. The zero-order chi connectivity index (χ0) is 12.3. The maximum Gasteiger partial charge on any atom is 0.238 e. The molecule has 0 radical (unpaired) electrons. The van der Waals surface area contributed by atoms with Gasteiger partial charge < -0.3 is 14.8 Å². The second-order valence-electron chi connectivity index (χ2n) is 3.20. The number of nitrogens with two attached hydrogens (primary N) is 1. The van der Waals surface area contributed by atoms with Crippen LogP contribution in [0.3, 0.4) is 0 Å². The Morgan fingerprint density at radius 3 is 2.35 bits per heavy atom. The van der Waals surface area contributed by atoms with Gasteiger partial charge in [0.2, 0.25) is 15.9 Å². The summed E-state index contributed by atoms with van der Waals surface area (Å²) in [5, 5.41) is 7.86. The SMILES string of the molecule is NS(=O)(=O)c1ccc(NC2=COC=CO2)cc1. The Labute approximate surface area is 98.4 Å². The molecule has 0 unspecified atom stereocenters. The van der Waals surface area contributed by atoms with Crippen molar-refractivity contribution in [3.8, 4) is 0 Å². The van der Waals surface area contributed by atoms with Crippen LogP contribution in [0.15, 0.2) is 53.8 Å². The Kier molecular flexibility index (Phi) is 3.03. The van der Waals surface area contributed by atoms with Gasteiger partial charge in [-0.25, -0.2) is 13.6 Å². The highest BCUT2D eigenvalue weighted by molar-refractivity contribution is 7.89. The standard InChI is InChI=1S/C10H10N2O4S/c11-17(13,14)9-3-1-8(2-4-9)12-10-7-15-5-6-16-10/h1-7,12H,(H2,11,13,14). The summed E-state index contributed by atoms with van der Waals surface area (Å²) in [6, 6.07) is 5.94. The zero-order valence-electron chi connectivity index (χ0n) is 8.66. The Morgan fingerprint density at radius 2 is 1.82 bits per heavy atom. The van der Waals surface area contributed by atoms with Crippen molar-refractivity contribution >= 4 is 15.7 Å². The predicted octanol–water partition coefficient (Wildman–Crippen LogP) is 1.06. The maximum atomic E-state index is 11.0. The van der Waals surface area contributed by atoms with Crippen molar-refractivity contribution in [1.82, 2.24) is 0 Å². The van der Waals surface area contributed by atoms with Crippen LogP contribution in [0.1, 0.15) is 0 Å². The molecule has 0 atom stereocenters. The van der Waals surface area contributed by atoms with Gasteiger partial charge >= 0.3 is 0 Å². The van der Waals surface area contributed by atoms with Crippen LogP contribution in [0.5, 0.6) is 0 Å². The second kappa shape index (κ2) is 4.48. The molecule has 0 amide bonds. The van der Waals surface area contributed by atoms with Crippen molar-refractivity contribution in [1.29, 1.82) is 0 Å². The normalized spacial score (nSPS) is 14.5. The molecule has 2 rings (SSSR count). The fourth-order valence-corrected chi connectivity index (χ4v) is 1.71. The highest BCUT2D eigenvalue weighted by Crippen LogP contribution is 2.16. The van der Waals surface area contributed by atoms with E-state index in [4.69, 9.17) is 14.6 Å². The number of hydrogen-bond donors (Lipinski definition) is 2. The van der Waals surface area contributed by atoms with Gasteiger partial charge in [-0.1, -0.05) is 0 Å². The average molecular weight is 254 g/mol. The van der Waals surface area contributed by atoms with Gasteiger partial charge in [0.25, 0.3) is 0 Å². The van der Waals surface area contributed by atoms with E-state index in [0.717, 1.165) is 0 Å². The van der Waals surface area contributed by atoms with Crippen LogP contribution in [-0.4, -0.2) is 8.42 Å². The summed E-state index contributed by atoms with van der Waals surface area (Å²) >= 11 is 0. The molecule has 1 aliphatic heterocycles. The monoisotopic (exact) mass is 254 g/mol. The first-order valence-electron chi connectivity index (χ1n) is 4.63. The number of sulfonamides is 1. The van der Waals surface area contributed by atoms with Gasteiger partial charge in [0, 0.05) is 5.69 Å². The molecule has 0 saturated carbocycles. The summed E-state index contributed by atoms with van der Waals surface area (Å²) in [5.74, 6) is 0.399. The van der Waals surface area contributed by atoms with E-state index in [9.17, 15) is 8.42 Å². The number of rotatable bonds is 3. The first-order valence-corrected chi connectivity index (χ1v) is 6.17. The van der Waals surface area contributed by atoms with Crippen LogP contribution in [0, 0.1) is 0 Å². The molecule has 1 heterocycles. The molecule has 90 valence electrons. The maximum absolute atomic E-state index is 11.0. The minimum absolute atomic E-state index is 0.0535. The third kappa shape index (κ3) is 2.99. The molecule has 1 aromatic carbocycles. The Morgan fingerprint density at radius 1 is 1.12 bits per heavy atom. The van der Waals surface area contributed by atoms with E-state index in [-0.39, 0.29) is 4.90 Å². The lowest BCUT2D eigenvalue weighted by molar-refractivity contribution is 0.261. The third-order valence-corrected chi connectivity index (χ3v) is 2.88. The van der Waals surface area contributed by atoms with Gasteiger partial charge in [0.1, 0.15) is 12.5 Å². The van der Waals surface area contributed by atoms with E-state index in [1.165, 1.54) is 30.9 Å². The Balaban J connectivity index is 2.11. The van der Waals surface area contributed by atoms with Crippen molar-refractivity contribution in [3.63, 3.8) is 0 Å². The number of ether oxygens (including phenoxy) is 2. The van der Waals surface area contributed by atoms with E-state index < -0.39 is 10.0 Å². The number of benzene rings is 1. The molecule has 1 aromatic rings. The molecule has 17 heavy (non-hydrogen) atoms. The lowest BCUT2D eigenvalue weighted by atomic mass is 10.3. The minimum Gasteiger partial charge on any atom is -0.464 e. The molecule has 0 aromatic heterocycles. The summed E-state index contributed by atoms with van der Waals surface area (Å²) < 4.78 is 32.0. The van der Waals surface area contributed by atoms with Crippen LogP contribution < -0.4 is 10.5 Å². The van der Waals surface area contributed by atoms with E-state index in [2.05, 4.69) is 5.32 Å². The molecule has 0 saturated heterocycles. The highest BCUT2D eigenvalue weighted by atomic mass is 32.2. The van der Waals surface area contributed by atoms with Crippen LogP contribution >= 0.6 is 0 Å². The van der Waals surface area contributed by atoms with Gasteiger partial charge in [-0.2, -0.15) is 0 Å². The van der Waals surface area contributed by atoms with Crippen LogP contribution in [0.2, 0.25) is 0 Å². The van der Waals surface area contributed by atoms with Gasteiger partial charge in [-0.3, -0.25) is 0 Å². The van der Waals surface area contributed by atoms with E-state index in [1.807, 2.05) is 0 Å². The van der Waals surface area contributed by atoms with Crippen molar-refractivity contribution < 1.29 is 17.9 Å². The number of nitrogens with one attached hydrogen (secondary N) is 1. The van der Waals surface area contributed by atoms with Crippen molar-refractivity contribution in [3.05, 3.63) is 48.9 Å². The Bertz CT molecular complexity index is 560. The fraction of sp³-hybridized carbons (Fsp3) is 0. The van der Waals surface area contributed by atoms with Gasteiger partial charge in [0.15, 0.2) is 6.26 Å². The van der Waals surface area contributed by atoms with Crippen LogP contribution in [-0.2, 0) is 19.5 Å². The molecular weight excluding hydrogens is 244 g/mol. The quantitative estimate of drug-likeness (QED) is 0.841. The van der Waals surface area contributed by atoms with Gasteiger partial charge in [-0.15, -0.1) is 0 Å². The van der Waals surface area contributed by atoms with Gasteiger partial charge in [0.05, 0.1) is 4.90 Å². The molecule has 0 bridgehead atoms. The summed E-state index contributed by atoms with van der Waals surface area (Å²) in [7, 11) is -3.66. The zero-order valence-corrected chi connectivity index (χ0v) is 9.48. The average Bonchev–Trinajstić information content (AvgIpc) is 2.30. The largest absolute Gasteiger partial charge is 0.464 e. The molecule has 1 aliphatic rings. The van der Waals surface area contributed by atoms with Crippen LogP contribution in [0.25, 0.3) is 0 Å². The predicted molar refractivity (Wildman–Crippen MR) is 60.8 cm³/mol. The molecule has 3 N–H and O–H groups in total. The molecule has 7 heteroatoms. The molecular formula is C10H10N2O4S. The number of primary sulfonamides is 1. The molecule has 6 nitrogen and oxygen atoms in total. The van der Waals surface area contributed by atoms with Crippen molar-refractivity contribution in [2.45, 2.75) is 4.90 Å². The lowest BCUT2D eigenvalue weighted by Crippen LogP contribution is -2.12. The summed E-state index contributed by atoms with van der Waals surface area (Å²) in [6.07, 6.45) is 4.14. The fourth-order valence-electron chi connectivity index (χ4n) is 1.19. The van der Waals surface area contributed by atoms with Gasteiger partial charge in [-0.05, 0) is 24.3 Å². The molecule has 0 aliphatic carbocycles. The lowest BCUT2D eigenvalue weighted by Gasteiger charge is -2.12. The van der Waals surface area contributed by atoms with Crippen LogP contribution in [0.4, 0.5) is 5.69 Å². The van der Waals surface area contributed by atoms with Crippen molar-refractivity contribution in [2.24, 2.45) is 5.14 Å². The van der Waals surface area contributed by atoms with E-state index in [1.54, 1.807) is 12.1 Å². The summed E-state index contributed by atoms with van der Waals surface area (Å²) in [4.78, 5) is 0.0535. The Hall–Kier alpha value is -1.99. The van der Waals surface area contributed by atoms with E-state index >= 15 is 0 Å². The highest BCUT2D eigenvalue weighted by Gasteiger charge is 2.07. The van der Waals surface area contributed by atoms with E-state index in [0.29, 0.717) is 11.6 Å². The topological polar surface area (TPSA) is 90.7 Å². The first kappa shape index (κ1) is 11.5. The smallest absolute Gasteiger partial charge is 0.238 e. The third-order valence-electron chi connectivity index (χ3n) is 1.95. The summed E-state index contributed by atoms with van der Waals surface area (Å²) in [5.41, 5.74) is 0.655. The first-order chi connectivity index (χ1) is 8.05. The molecule has 0 spiro atoms. The minimum atomic E-state index is -3.66. The second-order valence-corrected chi connectivity index (χ2v) is 4.76. The number of anilines is 1.